The molecule has 1 aliphatic carbocycles. The fraction of sp³-hybridized carbons (Fsp3) is 0.417. The molecule has 758 valence electrons. The molecule has 8 aromatic carbocycles. The molecule has 1 aliphatic rings. The summed E-state index contributed by atoms with van der Waals surface area (Å²) < 4.78 is 319. The van der Waals surface area contributed by atoms with Gasteiger partial charge in [0, 0.05) is 116 Å². The summed E-state index contributed by atoms with van der Waals surface area (Å²) in [5.74, 6) is 7.05. The molecule has 9 rings (SSSR count). The molecule has 0 bridgehead atoms. The van der Waals surface area contributed by atoms with Crippen LogP contribution in [0.4, 0.5) is 70.2 Å². The molecule has 140 heavy (non-hydrogen) atoms. The van der Waals surface area contributed by atoms with E-state index in [2.05, 4.69) is 65.7 Å². The van der Waals surface area contributed by atoms with Gasteiger partial charge < -0.3 is 0 Å². The highest BCUT2D eigenvalue weighted by Gasteiger charge is 2.50. The Morgan fingerprint density at radius 1 is 0.343 bits per heavy atom. The fourth-order valence-electron chi connectivity index (χ4n) is 14.6. The fourth-order valence-corrected chi connectivity index (χ4v) is 17.4. The maximum atomic E-state index is 14.5. The predicted molar refractivity (Wildman–Crippen MR) is 514 cm³/mol. The lowest BCUT2D eigenvalue weighted by Crippen LogP contribution is -2.47. The third kappa shape index (κ3) is 38.8. The maximum Gasteiger partial charge on any atom is 0.407 e. The summed E-state index contributed by atoms with van der Waals surface area (Å²) >= 11 is 2.89. The third-order valence-electron chi connectivity index (χ3n) is 22.1. The average molecular weight is 2110 g/mol. The van der Waals surface area contributed by atoms with Crippen molar-refractivity contribution in [2.75, 3.05) is 25.0 Å². The van der Waals surface area contributed by atoms with Crippen molar-refractivity contribution < 1.29 is 123 Å². The topological polar surface area (TPSA) is 253 Å². The first-order valence-electron chi connectivity index (χ1n) is 43.5. The summed E-state index contributed by atoms with van der Waals surface area (Å²) in [4.78, 5) is 53.7. The maximum absolute atomic E-state index is 14.5. The van der Waals surface area contributed by atoms with Crippen LogP contribution in [0, 0.1) is 59.1 Å². The van der Waals surface area contributed by atoms with E-state index in [0.717, 1.165) is 25.0 Å². The molecule has 8 aromatic rings. The van der Waals surface area contributed by atoms with Crippen molar-refractivity contribution in [2.24, 2.45) is 11.3 Å². The van der Waals surface area contributed by atoms with Crippen LogP contribution in [0.5, 0.6) is 0 Å². The molecular weight excluding hydrogens is 2000 g/mol. The van der Waals surface area contributed by atoms with Gasteiger partial charge in [-0.15, -0.1) is 31.1 Å². The summed E-state index contributed by atoms with van der Waals surface area (Å²) in [5, 5.41) is 9.35. The first-order chi connectivity index (χ1) is 64.3. The van der Waals surface area contributed by atoms with Gasteiger partial charge in [0.2, 0.25) is 0 Å². The van der Waals surface area contributed by atoms with Gasteiger partial charge in [0.15, 0.2) is 62.5 Å². The molecule has 1 saturated carbocycles. The Hall–Kier alpha value is -10.3. The van der Waals surface area contributed by atoms with Gasteiger partial charge in [-0.05, 0) is 188 Å². The van der Waals surface area contributed by atoms with Gasteiger partial charge in [0.05, 0.1) is 43.7 Å². The van der Waals surface area contributed by atoms with Crippen LogP contribution in [0.3, 0.4) is 0 Å². The van der Waals surface area contributed by atoms with Crippen LogP contribution in [-0.4, -0.2) is 153 Å². The molecule has 0 radical (unpaired) electrons. The second kappa shape index (κ2) is 48.6. The SMILES string of the molecule is C#CC(C)CC(=O)[C@H](CC(C)(C)F)N[C@@H](c1ccc(-c2ccc(S(C)(=O)=O)cc2)cc1)C(F)(F)F.C#CC1(CC(=O)[C@H](CC(C)(C)F)N[C@@H](c2ccc(-c3ccc(S(C)(=O)=O)cc3)cc2)C(F)(F)F)CC1.C#CCCC(=O)[C@H](CC(C)(C)F)N[C@@H](c1ccc(-c2ccc(S(C)(=O)=O)cc2)cc1)C(F)(F)F.CC(C)(F)C[C@H](N[C@@H](c1ccc(-c2ccc(S(C)(=O)=O)cc2)cc1)C(F)(F)F)C(=O)CCC#CBr. The van der Waals surface area contributed by atoms with Crippen LogP contribution in [-0.2, 0) is 58.5 Å². The zero-order chi connectivity index (χ0) is 106. The third-order valence-corrected chi connectivity index (χ3v) is 26.9. The molecule has 0 aromatic heterocycles. The lowest BCUT2D eigenvalue weighted by atomic mass is 9.90. The number of nitrogens with one attached hydrogen (secondary N) is 4. The molecule has 0 amide bonds. The van der Waals surface area contributed by atoms with E-state index in [0.29, 0.717) is 57.3 Å². The number of Topliss-reactive ketones (excluding diaryl/α,β-unsaturated/α-hetero) is 4. The second-order valence-electron chi connectivity index (χ2n) is 36.9. The van der Waals surface area contributed by atoms with Crippen LogP contribution >= 0.6 is 15.9 Å². The van der Waals surface area contributed by atoms with E-state index >= 15 is 0 Å². The number of alkyl halides is 16. The quantitative estimate of drug-likeness (QED) is 0.0206. The Kier molecular flexibility index (Phi) is 41.1. The van der Waals surface area contributed by atoms with Crippen LogP contribution in [0.25, 0.3) is 44.5 Å². The van der Waals surface area contributed by atoms with Crippen LogP contribution in [0.15, 0.2) is 214 Å². The standard InChI is InChI=1S/C27H29F4NO3S.C26H29F4NO3S.C25H26BrF4NO3S.C25H27F4NO3S/c1-5-26(14-15-26)17-23(33)22(16-25(2,3)28)32-24(27(29,30)31)20-8-6-18(7-9-20)19-10-12-21(13-11-19)36(4,34)35;1-6-17(2)15-23(32)22(16-25(3,4)27)31-24(26(28,29)30)20-9-7-18(8-10-20)19-11-13-21(14-12-19)35(5,33)34;1-24(2,27)16-21(22(32)6-4-5-15-26)31-23(25(28,29)30)19-9-7-17(8-10-19)18-11-13-20(14-12-18)35(3,33)34;1-5-6-7-22(31)21(16-24(2,3)26)30-23(25(27,28)29)19-10-8-17(9-11-19)18-12-14-20(15-13-18)34(4,32)33/h1,6-13,22,24,32H,14-17H2,2-4H3;1,7-14,17,22,24,31H,15-16H2,2-5H3;7-14,21,23,31H,4,6,16H2,1-3H3;1,8-15,21,23,30H,6-7,16H2,2-4H3/t22-,24-;17?,22-,24-;2*21-,23-/m0000/s1. The number of carbonyl (C=O) groups excluding carboxylic acids is 4. The van der Waals surface area contributed by atoms with Gasteiger partial charge in [-0.1, -0.05) is 164 Å². The Morgan fingerprint density at radius 2 is 0.550 bits per heavy atom. The number of hydrogen-bond donors (Lipinski definition) is 4. The van der Waals surface area contributed by atoms with E-state index < -0.39 is 195 Å². The molecule has 1 fully saturated rings. The monoisotopic (exact) mass is 2110 g/mol. The van der Waals surface area contributed by atoms with Crippen molar-refractivity contribution in [2.45, 2.75) is 255 Å². The van der Waals surface area contributed by atoms with Gasteiger partial charge >= 0.3 is 24.7 Å². The predicted octanol–water partition coefficient (Wildman–Crippen LogP) is 23.1. The molecule has 9 atom stereocenters. The van der Waals surface area contributed by atoms with Gasteiger partial charge in [-0.2, -0.15) is 52.7 Å². The first-order valence-corrected chi connectivity index (χ1v) is 51.9. The van der Waals surface area contributed by atoms with E-state index in [4.69, 9.17) is 19.3 Å². The Bertz CT molecular complexity index is 6230. The number of hydrogen-bond acceptors (Lipinski definition) is 16. The zero-order valence-electron chi connectivity index (χ0n) is 78.8. The minimum atomic E-state index is -4.75. The molecule has 1 unspecified atom stereocenters. The van der Waals surface area contributed by atoms with E-state index in [1.54, 1.807) is 55.5 Å². The van der Waals surface area contributed by atoms with E-state index in [1.807, 2.05) is 0 Å². The Balaban J connectivity index is 0.000000286. The number of terminal acetylenes is 3. The van der Waals surface area contributed by atoms with Crippen molar-refractivity contribution in [1.82, 2.24) is 21.3 Å². The average Bonchev–Trinajstić information content (AvgIpc) is 1.58. The normalized spacial score (nSPS) is 15.2. The summed E-state index contributed by atoms with van der Waals surface area (Å²) in [7, 11) is -13.5. The highest BCUT2D eigenvalue weighted by Crippen LogP contribution is 2.49. The molecule has 0 heterocycles. The van der Waals surface area contributed by atoms with E-state index in [9.17, 15) is 123 Å². The molecule has 0 spiro atoms. The molecular formula is C103H111BrF16N4O12S4. The van der Waals surface area contributed by atoms with Gasteiger partial charge in [-0.3, -0.25) is 40.4 Å². The molecule has 16 nitrogen and oxygen atoms in total. The van der Waals surface area contributed by atoms with Crippen molar-refractivity contribution in [3.63, 3.8) is 0 Å². The summed E-state index contributed by atoms with van der Waals surface area (Å²) in [6.45, 7) is 11.2. The van der Waals surface area contributed by atoms with Crippen molar-refractivity contribution in [3.05, 3.63) is 216 Å². The lowest BCUT2D eigenvalue weighted by molar-refractivity contribution is -0.162. The summed E-state index contributed by atoms with van der Waals surface area (Å²) in [5.41, 5.74) is -3.88. The van der Waals surface area contributed by atoms with Crippen LogP contribution in [0.2, 0.25) is 0 Å². The van der Waals surface area contributed by atoms with Crippen molar-refractivity contribution >= 4 is 78.4 Å². The van der Waals surface area contributed by atoms with Gasteiger partial charge in [0.1, 0.15) is 46.8 Å². The molecule has 0 saturated heterocycles. The van der Waals surface area contributed by atoms with Crippen LogP contribution in [0.1, 0.15) is 186 Å². The number of benzene rings is 8. The zero-order valence-corrected chi connectivity index (χ0v) is 83.7. The lowest BCUT2D eigenvalue weighted by Gasteiger charge is -2.30. The van der Waals surface area contributed by atoms with Gasteiger partial charge in [-0.25, -0.2) is 51.2 Å². The number of carbonyl (C=O) groups is 4. The minimum absolute atomic E-state index is 0.0488. The highest BCUT2D eigenvalue weighted by atomic mass is 79.9. The second-order valence-corrected chi connectivity index (χ2v) is 45.3. The van der Waals surface area contributed by atoms with Gasteiger partial charge in [0.25, 0.3) is 0 Å². The summed E-state index contributed by atoms with van der Waals surface area (Å²) in [6.07, 6.45) is 0.433. The first kappa shape index (κ1) is 118. The number of ketones is 4. The smallest absolute Gasteiger partial charge is 0.298 e. The number of sulfone groups is 4. The van der Waals surface area contributed by atoms with Crippen molar-refractivity contribution in [1.29, 1.82) is 0 Å². The number of rotatable bonds is 40. The largest absolute Gasteiger partial charge is 0.407 e. The van der Waals surface area contributed by atoms with Crippen molar-refractivity contribution in [3.8, 4) is 92.3 Å². The number of halogens is 17. The summed E-state index contributed by atoms with van der Waals surface area (Å²) in [6, 6.07) is 31.7. The van der Waals surface area contributed by atoms with Crippen LogP contribution < -0.4 is 21.3 Å². The molecule has 0 aliphatic heterocycles. The van der Waals surface area contributed by atoms with E-state index in [1.165, 1.54) is 201 Å². The highest BCUT2D eigenvalue weighted by molar-refractivity contribution is 9.12. The Labute approximate surface area is 817 Å². The molecule has 4 N–H and O–H groups in total. The Morgan fingerprint density at radius 3 is 0.729 bits per heavy atom. The minimum Gasteiger partial charge on any atom is -0.298 e. The molecule has 37 heteroatoms. The van der Waals surface area contributed by atoms with E-state index in [-0.39, 0.29) is 80.4 Å².